The Balaban J connectivity index is 2.44. The second-order valence-electron chi connectivity index (χ2n) is 4.11. The Morgan fingerprint density at radius 1 is 1.10 bits per heavy atom. The summed E-state index contributed by atoms with van der Waals surface area (Å²) in [5.41, 5.74) is 7.26. The number of nitrogens with one attached hydrogen (secondary N) is 1. The molecule has 0 aliphatic heterocycles. The van der Waals surface area contributed by atoms with Gasteiger partial charge in [-0.2, -0.15) is 0 Å². The van der Waals surface area contributed by atoms with E-state index in [1.54, 1.807) is 13.2 Å². The van der Waals surface area contributed by atoms with Gasteiger partial charge < -0.3 is 15.8 Å². The van der Waals surface area contributed by atoms with Gasteiger partial charge in [0.2, 0.25) is 0 Å². The van der Waals surface area contributed by atoms with Gasteiger partial charge in [-0.25, -0.2) is 4.98 Å². The number of ether oxygens (including phenoxy) is 1. The first-order valence-corrected chi connectivity index (χ1v) is 6.78. The summed E-state index contributed by atoms with van der Waals surface area (Å²) < 4.78 is 5.27. The quantitative estimate of drug-likeness (QED) is 0.856. The van der Waals surface area contributed by atoms with Crippen LogP contribution in [0.3, 0.4) is 0 Å². The van der Waals surface area contributed by atoms with Gasteiger partial charge in [0.1, 0.15) is 11.6 Å². The predicted octanol–water partition coefficient (Wildman–Crippen LogP) is 4.68. The minimum Gasteiger partial charge on any atom is -0.495 e. The van der Waals surface area contributed by atoms with E-state index in [1.807, 2.05) is 13.0 Å². The van der Waals surface area contributed by atoms with Crippen molar-refractivity contribution in [3.63, 3.8) is 0 Å². The first-order valence-electron chi connectivity index (χ1n) is 5.65. The van der Waals surface area contributed by atoms with Crippen molar-refractivity contribution in [1.82, 2.24) is 4.98 Å². The molecular formula is C13H12Cl3N3O. The highest BCUT2D eigenvalue weighted by molar-refractivity contribution is 6.37. The molecule has 0 amide bonds. The summed E-state index contributed by atoms with van der Waals surface area (Å²) in [5, 5.41) is 4.34. The fraction of sp³-hybridized carbons (Fsp3) is 0.154. The lowest BCUT2D eigenvalue weighted by Gasteiger charge is -2.14. The lowest BCUT2D eigenvalue weighted by atomic mass is 10.2. The molecule has 4 nitrogen and oxygen atoms in total. The van der Waals surface area contributed by atoms with Crippen molar-refractivity contribution >= 4 is 52.1 Å². The number of nitrogens with zero attached hydrogens (tertiary/aromatic N) is 1. The normalized spacial score (nSPS) is 10.4. The number of nitrogen functional groups attached to an aromatic ring is 1. The average molecular weight is 333 g/mol. The number of hydrogen-bond donors (Lipinski definition) is 2. The van der Waals surface area contributed by atoms with E-state index in [9.17, 15) is 0 Å². The standard InChI is InChI=1S/C13H12Cl3N3O/c1-6-3-10(11(20-2)5-7(6)14)18-13-9(16)4-8(15)12(17)19-13/h3-5H,1-2H3,(H3,17,18,19). The first-order chi connectivity index (χ1) is 9.42. The molecule has 0 atom stereocenters. The topological polar surface area (TPSA) is 60.2 Å². The van der Waals surface area contributed by atoms with Crippen LogP contribution < -0.4 is 15.8 Å². The third kappa shape index (κ3) is 3.03. The van der Waals surface area contributed by atoms with Crippen LogP contribution in [-0.4, -0.2) is 12.1 Å². The molecule has 3 N–H and O–H groups in total. The Morgan fingerprint density at radius 3 is 2.45 bits per heavy atom. The van der Waals surface area contributed by atoms with Crippen molar-refractivity contribution in [3.05, 3.63) is 38.8 Å². The molecular weight excluding hydrogens is 321 g/mol. The molecule has 0 bridgehead atoms. The number of aryl methyl sites for hydroxylation is 1. The third-order valence-corrected chi connectivity index (χ3v) is 3.69. The monoisotopic (exact) mass is 331 g/mol. The molecule has 0 saturated carbocycles. The largest absolute Gasteiger partial charge is 0.495 e. The highest BCUT2D eigenvalue weighted by Crippen LogP contribution is 2.35. The van der Waals surface area contributed by atoms with Gasteiger partial charge in [0.05, 0.1) is 22.8 Å². The van der Waals surface area contributed by atoms with Crippen LogP contribution in [0.5, 0.6) is 5.75 Å². The Labute approximate surface area is 131 Å². The number of benzene rings is 1. The number of halogens is 3. The lowest BCUT2D eigenvalue weighted by Crippen LogP contribution is -2.01. The van der Waals surface area contributed by atoms with Crippen LogP contribution in [0, 0.1) is 6.92 Å². The van der Waals surface area contributed by atoms with Gasteiger partial charge in [0.15, 0.2) is 5.82 Å². The van der Waals surface area contributed by atoms with E-state index >= 15 is 0 Å². The Morgan fingerprint density at radius 2 is 1.80 bits per heavy atom. The molecule has 20 heavy (non-hydrogen) atoms. The lowest BCUT2D eigenvalue weighted by molar-refractivity contribution is 0.416. The molecule has 0 aliphatic carbocycles. The summed E-state index contributed by atoms with van der Waals surface area (Å²) >= 11 is 18.0. The molecule has 2 rings (SSSR count). The van der Waals surface area contributed by atoms with E-state index < -0.39 is 0 Å². The van der Waals surface area contributed by atoms with Crippen molar-refractivity contribution in [2.24, 2.45) is 0 Å². The maximum absolute atomic E-state index is 6.09. The fourth-order valence-corrected chi connectivity index (χ4v) is 2.19. The summed E-state index contributed by atoms with van der Waals surface area (Å²) in [6, 6.07) is 5.08. The summed E-state index contributed by atoms with van der Waals surface area (Å²) in [7, 11) is 1.55. The molecule has 0 spiro atoms. The van der Waals surface area contributed by atoms with Gasteiger partial charge in [-0.15, -0.1) is 0 Å². The van der Waals surface area contributed by atoms with Gasteiger partial charge in [0.25, 0.3) is 0 Å². The number of pyridine rings is 1. The summed E-state index contributed by atoms with van der Waals surface area (Å²) in [4.78, 5) is 4.11. The maximum Gasteiger partial charge on any atom is 0.151 e. The van der Waals surface area contributed by atoms with Gasteiger partial charge in [-0.05, 0) is 24.6 Å². The van der Waals surface area contributed by atoms with Crippen molar-refractivity contribution < 1.29 is 4.74 Å². The highest BCUT2D eigenvalue weighted by atomic mass is 35.5. The maximum atomic E-state index is 6.09. The molecule has 1 heterocycles. The molecule has 0 fully saturated rings. The first kappa shape index (κ1) is 15.0. The Kier molecular flexibility index (Phi) is 4.48. The van der Waals surface area contributed by atoms with Gasteiger partial charge in [-0.1, -0.05) is 34.8 Å². The molecule has 0 aliphatic rings. The number of hydrogen-bond acceptors (Lipinski definition) is 4. The van der Waals surface area contributed by atoms with Crippen molar-refractivity contribution in [2.45, 2.75) is 6.92 Å². The number of rotatable bonds is 3. The summed E-state index contributed by atoms with van der Waals surface area (Å²) in [6.45, 7) is 1.89. The van der Waals surface area contributed by atoms with Crippen LogP contribution in [0.25, 0.3) is 0 Å². The molecule has 2 aromatic rings. The van der Waals surface area contributed by atoms with Gasteiger partial charge in [0, 0.05) is 11.1 Å². The zero-order valence-electron chi connectivity index (χ0n) is 10.8. The van der Waals surface area contributed by atoms with E-state index in [0.717, 1.165) is 5.56 Å². The summed E-state index contributed by atoms with van der Waals surface area (Å²) in [5.74, 6) is 1.17. The minimum atomic E-state index is 0.197. The van der Waals surface area contributed by atoms with Crippen LogP contribution in [0.15, 0.2) is 18.2 Å². The van der Waals surface area contributed by atoms with Gasteiger partial charge in [-0.3, -0.25) is 0 Å². The molecule has 0 unspecified atom stereocenters. The van der Waals surface area contributed by atoms with E-state index in [0.29, 0.717) is 32.3 Å². The van der Waals surface area contributed by atoms with Crippen molar-refractivity contribution in [1.29, 1.82) is 0 Å². The van der Waals surface area contributed by atoms with E-state index in [4.69, 9.17) is 45.3 Å². The molecule has 0 saturated heterocycles. The molecule has 1 aromatic carbocycles. The number of nitrogens with two attached hydrogens (primary N) is 1. The number of methoxy groups -OCH3 is 1. The van der Waals surface area contributed by atoms with Gasteiger partial charge >= 0.3 is 0 Å². The number of aromatic nitrogens is 1. The van der Waals surface area contributed by atoms with Crippen LogP contribution in [-0.2, 0) is 0 Å². The Hall–Kier alpha value is -1.36. The van der Waals surface area contributed by atoms with Crippen LogP contribution in [0.2, 0.25) is 15.1 Å². The van der Waals surface area contributed by atoms with Crippen LogP contribution in [0.4, 0.5) is 17.3 Å². The van der Waals surface area contributed by atoms with E-state index in [-0.39, 0.29) is 5.82 Å². The SMILES string of the molecule is COc1cc(Cl)c(C)cc1Nc1nc(N)c(Cl)cc1Cl. The van der Waals surface area contributed by atoms with Crippen LogP contribution in [0.1, 0.15) is 5.56 Å². The zero-order chi connectivity index (χ0) is 14.9. The highest BCUT2D eigenvalue weighted by Gasteiger charge is 2.12. The molecule has 0 radical (unpaired) electrons. The second-order valence-corrected chi connectivity index (χ2v) is 5.33. The van der Waals surface area contributed by atoms with Crippen LogP contribution >= 0.6 is 34.8 Å². The zero-order valence-corrected chi connectivity index (χ0v) is 13.1. The molecule has 1 aromatic heterocycles. The third-order valence-electron chi connectivity index (χ3n) is 2.69. The minimum absolute atomic E-state index is 0.197. The van der Waals surface area contributed by atoms with E-state index in [1.165, 1.54) is 6.07 Å². The smallest absolute Gasteiger partial charge is 0.151 e. The predicted molar refractivity (Wildman–Crippen MR) is 84.7 cm³/mol. The fourth-order valence-electron chi connectivity index (χ4n) is 1.63. The second kappa shape index (κ2) is 5.95. The van der Waals surface area contributed by atoms with Crippen molar-refractivity contribution in [2.75, 3.05) is 18.2 Å². The molecule has 7 heteroatoms. The average Bonchev–Trinajstić information content (AvgIpc) is 2.39. The number of anilines is 3. The van der Waals surface area contributed by atoms with E-state index in [2.05, 4.69) is 10.3 Å². The Bertz CT molecular complexity index is 662. The summed E-state index contributed by atoms with van der Waals surface area (Å²) in [6.07, 6.45) is 0. The molecule has 106 valence electrons. The van der Waals surface area contributed by atoms with Crippen molar-refractivity contribution in [3.8, 4) is 5.75 Å².